The SMILES string of the molecule is CS(=O)(=O)OC[C@@]1(c2ccc(Br)cc2)C[C@@H](OCc2ccccc2)CN1. The van der Waals surface area contributed by atoms with Crippen LogP contribution in [0.25, 0.3) is 0 Å². The fourth-order valence-electron chi connectivity index (χ4n) is 3.14. The summed E-state index contributed by atoms with van der Waals surface area (Å²) in [6, 6.07) is 17.8. The molecule has 2 aromatic carbocycles. The molecule has 0 aliphatic carbocycles. The third kappa shape index (κ3) is 5.14. The van der Waals surface area contributed by atoms with Crippen LogP contribution in [0.1, 0.15) is 17.5 Å². The van der Waals surface area contributed by atoms with Gasteiger partial charge in [-0.05, 0) is 29.7 Å². The fourth-order valence-corrected chi connectivity index (χ4v) is 3.82. The van der Waals surface area contributed by atoms with E-state index in [9.17, 15) is 8.42 Å². The van der Waals surface area contributed by atoms with Crippen molar-refractivity contribution < 1.29 is 17.3 Å². The zero-order valence-corrected chi connectivity index (χ0v) is 16.9. The molecule has 0 unspecified atom stereocenters. The maximum Gasteiger partial charge on any atom is 0.264 e. The summed E-state index contributed by atoms with van der Waals surface area (Å²) in [5, 5.41) is 3.44. The Morgan fingerprint density at radius 1 is 1.15 bits per heavy atom. The minimum Gasteiger partial charge on any atom is -0.372 e. The molecule has 2 atom stereocenters. The highest BCUT2D eigenvalue weighted by atomic mass is 79.9. The first kappa shape index (κ1) is 19.5. The van der Waals surface area contributed by atoms with Gasteiger partial charge in [-0.2, -0.15) is 8.42 Å². The van der Waals surface area contributed by atoms with Crippen LogP contribution in [0.15, 0.2) is 59.1 Å². The monoisotopic (exact) mass is 439 g/mol. The lowest BCUT2D eigenvalue weighted by Gasteiger charge is -2.29. The maximum absolute atomic E-state index is 11.5. The second-order valence-corrected chi connectivity index (χ2v) is 9.12. The van der Waals surface area contributed by atoms with Crippen LogP contribution in [0.5, 0.6) is 0 Å². The molecule has 0 aromatic heterocycles. The predicted octanol–water partition coefficient (Wildman–Crippen LogP) is 3.20. The zero-order valence-electron chi connectivity index (χ0n) is 14.5. The molecule has 1 fully saturated rings. The van der Waals surface area contributed by atoms with Crippen molar-refractivity contribution in [2.75, 3.05) is 19.4 Å². The van der Waals surface area contributed by atoms with Crippen LogP contribution in [0.3, 0.4) is 0 Å². The maximum atomic E-state index is 11.5. The standard InChI is InChI=1S/C19H22BrNO4S/c1-26(22,23)25-14-19(16-7-9-17(20)10-8-16)11-18(12-21-19)24-13-15-5-3-2-4-6-15/h2-10,18,21H,11-14H2,1H3/t18-,19-/m1/s1. The number of hydrogen-bond acceptors (Lipinski definition) is 5. The Labute approximate surface area is 163 Å². The summed E-state index contributed by atoms with van der Waals surface area (Å²) in [5.41, 5.74) is 1.50. The van der Waals surface area contributed by atoms with E-state index in [0.717, 1.165) is 21.9 Å². The number of benzene rings is 2. The average Bonchev–Trinajstić information content (AvgIpc) is 3.04. The Hall–Kier alpha value is -1.25. The van der Waals surface area contributed by atoms with Gasteiger partial charge in [-0.25, -0.2) is 0 Å². The lowest BCUT2D eigenvalue weighted by atomic mass is 9.89. The Morgan fingerprint density at radius 2 is 1.85 bits per heavy atom. The molecule has 1 heterocycles. The molecular formula is C19H22BrNO4S. The molecule has 5 nitrogen and oxygen atoms in total. The summed E-state index contributed by atoms with van der Waals surface area (Å²) in [4.78, 5) is 0. The number of nitrogens with one attached hydrogen (secondary N) is 1. The van der Waals surface area contributed by atoms with Gasteiger partial charge >= 0.3 is 0 Å². The second-order valence-electron chi connectivity index (χ2n) is 6.56. The number of ether oxygens (including phenoxy) is 1. The molecule has 0 spiro atoms. The van der Waals surface area contributed by atoms with E-state index in [4.69, 9.17) is 8.92 Å². The predicted molar refractivity (Wildman–Crippen MR) is 104 cm³/mol. The smallest absolute Gasteiger partial charge is 0.264 e. The first-order chi connectivity index (χ1) is 12.4. The molecule has 1 aliphatic heterocycles. The van der Waals surface area contributed by atoms with E-state index in [1.165, 1.54) is 0 Å². The van der Waals surface area contributed by atoms with Crippen LogP contribution in [-0.4, -0.2) is 33.9 Å². The van der Waals surface area contributed by atoms with E-state index < -0.39 is 15.7 Å². The van der Waals surface area contributed by atoms with Crippen molar-refractivity contribution in [1.82, 2.24) is 5.32 Å². The largest absolute Gasteiger partial charge is 0.372 e. The Bertz CT molecular complexity index is 826. The van der Waals surface area contributed by atoms with E-state index in [1.54, 1.807) is 0 Å². The summed E-state index contributed by atoms with van der Waals surface area (Å²) < 4.78 is 35.2. The molecule has 0 radical (unpaired) electrons. The van der Waals surface area contributed by atoms with E-state index >= 15 is 0 Å². The van der Waals surface area contributed by atoms with Gasteiger partial charge < -0.3 is 10.1 Å². The summed E-state index contributed by atoms with van der Waals surface area (Å²) in [6.07, 6.45) is 1.68. The van der Waals surface area contributed by atoms with Gasteiger partial charge in [-0.3, -0.25) is 4.18 Å². The molecule has 0 saturated carbocycles. The van der Waals surface area contributed by atoms with Gasteiger partial charge in [-0.15, -0.1) is 0 Å². The molecule has 1 aliphatic rings. The number of hydrogen-bond donors (Lipinski definition) is 1. The molecule has 7 heteroatoms. The third-order valence-corrected chi connectivity index (χ3v) is 5.56. The van der Waals surface area contributed by atoms with E-state index in [0.29, 0.717) is 19.6 Å². The van der Waals surface area contributed by atoms with Crippen LogP contribution < -0.4 is 5.32 Å². The van der Waals surface area contributed by atoms with Gasteiger partial charge in [0.25, 0.3) is 10.1 Å². The molecule has 3 rings (SSSR count). The summed E-state index contributed by atoms with van der Waals surface area (Å²) in [6.45, 7) is 1.20. The van der Waals surface area contributed by atoms with E-state index in [-0.39, 0.29) is 12.7 Å². The van der Waals surface area contributed by atoms with Crippen LogP contribution in [-0.2, 0) is 31.2 Å². The highest BCUT2D eigenvalue weighted by Crippen LogP contribution is 2.34. The molecule has 140 valence electrons. The second kappa shape index (κ2) is 8.19. The minimum absolute atomic E-state index is 0.0259. The molecule has 26 heavy (non-hydrogen) atoms. The Balaban J connectivity index is 1.73. The first-order valence-electron chi connectivity index (χ1n) is 8.37. The van der Waals surface area contributed by atoms with Crippen molar-refractivity contribution in [2.45, 2.75) is 24.7 Å². The van der Waals surface area contributed by atoms with Crippen molar-refractivity contribution in [3.05, 3.63) is 70.2 Å². The van der Waals surface area contributed by atoms with Crippen molar-refractivity contribution in [3.63, 3.8) is 0 Å². The van der Waals surface area contributed by atoms with Crippen molar-refractivity contribution in [2.24, 2.45) is 0 Å². The molecule has 1 N–H and O–H groups in total. The van der Waals surface area contributed by atoms with E-state index in [1.807, 2.05) is 54.6 Å². The summed E-state index contributed by atoms with van der Waals surface area (Å²) in [5.74, 6) is 0. The van der Waals surface area contributed by atoms with Crippen LogP contribution >= 0.6 is 15.9 Å². The topological polar surface area (TPSA) is 64.6 Å². The minimum atomic E-state index is -3.53. The third-order valence-electron chi connectivity index (χ3n) is 4.49. The van der Waals surface area contributed by atoms with Gasteiger partial charge in [0.15, 0.2) is 0 Å². The van der Waals surface area contributed by atoms with Gasteiger partial charge in [0.1, 0.15) is 0 Å². The Kier molecular flexibility index (Phi) is 6.14. The van der Waals surface area contributed by atoms with Crippen LogP contribution in [0.4, 0.5) is 0 Å². The van der Waals surface area contributed by atoms with Crippen LogP contribution in [0.2, 0.25) is 0 Å². The van der Waals surface area contributed by atoms with Crippen molar-refractivity contribution >= 4 is 26.0 Å². The fraction of sp³-hybridized carbons (Fsp3) is 0.368. The van der Waals surface area contributed by atoms with Gasteiger partial charge in [0.2, 0.25) is 0 Å². The normalized spacial score (nSPS) is 23.2. The summed E-state index contributed by atoms with van der Waals surface area (Å²) in [7, 11) is -3.53. The highest BCUT2D eigenvalue weighted by molar-refractivity contribution is 9.10. The Morgan fingerprint density at radius 3 is 2.50 bits per heavy atom. The van der Waals surface area contributed by atoms with Gasteiger partial charge in [0.05, 0.1) is 31.1 Å². The lowest BCUT2D eigenvalue weighted by Crippen LogP contribution is -2.41. The summed E-state index contributed by atoms with van der Waals surface area (Å²) >= 11 is 3.43. The average molecular weight is 440 g/mol. The quantitative estimate of drug-likeness (QED) is 0.670. The molecule has 1 saturated heterocycles. The molecule has 2 aromatic rings. The first-order valence-corrected chi connectivity index (χ1v) is 11.0. The lowest BCUT2D eigenvalue weighted by molar-refractivity contribution is 0.0460. The van der Waals surface area contributed by atoms with Crippen molar-refractivity contribution in [1.29, 1.82) is 0 Å². The van der Waals surface area contributed by atoms with Crippen molar-refractivity contribution in [3.8, 4) is 0 Å². The number of halogens is 1. The molecular weight excluding hydrogens is 418 g/mol. The molecule has 0 amide bonds. The highest BCUT2D eigenvalue weighted by Gasteiger charge is 2.42. The zero-order chi connectivity index (χ0) is 18.6. The van der Waals surface area contributed by atoms with Gasteiger partial charge in [0, 0.05) is 11.0 Å². The van der Waals surface area contributed by atoms with E-state index in [2.05, 4.69) is 21.2 Å². The molecule has 0 bridgehead atoms. The number of rotatable bonds is 7. The van der Waals surface area contributed by atoms with Gasteiger partial charge in [-0.1, -0.05) is 58.4 Å². The van der Waals surface area contributed by atoms with Crippen LogP contribution in [0, 0.1) is 0 Å².